The van der Waals surface area contributed by atoms with Crippen LogP contribution >= 0.6 is 0 Å². The molecule has 1 aliphatic rings. The number of pyridine rings is 1. The van der Waals surface area contributed by atoms with Gasteiger partial charge in [-0.3, -0.25) is 19.6 Å². The summed E-state index contributed by atoms with van der Waals surface area (Å²) >= 11 is 0. The fraction of sp³-hybridized carbons (Fsp3) is 0.154. The largest absolute Gasteiger partial charge is 0.357 e. The first-order valence-electron chi connectivity index (χ1n) is 10.5. The highest BCUT2D eigenvalue weighted by molar-refractivity contribution is 6.19. The SMILES string of the molecule is CNC(=O)[C@@H](Cc1ccccn1)NC(=O)c1ccccc1C1=NCC(c2ccccc2)=C1. The third-order valence-electron chi connectivity index (χ3n) is 5.33. The van der Waals surface area contributed by atoms with Gasteiger partial charge in [0.1, 0.15) is 6.04 Å². The molecule has 2 N–H and O–H groups in total. The Bertz CT molecular complexity index is 1170. The van der Waals surface area contributed by atoms with Crippen LogP contribution in [-0.4, -0.2) is 42.1 Å². The molecule has 0 radical (unpaired) electrons. The zero-order valence-electron chi connectivity index (χ0n) is 17.8. The summed E-state index contributed by atoms with van der Waals surface area (Å²) < 4.78 is 0. The molecule has 4 rings (SSSR count). The van der Waals surface area contributed by atoms with Crippen LogP contribution in [0.25, 0.3) is 5.57 Å². The number of carbonyl (C=O) groups is 2. The van der Waals surface area contributed by atoms with Crippen molar-refractivity contribution in [3.63, 3.8) is 0 Å². The van der Waals surface area contributed by atoms with Crippen LogP contribution in [0.5, 0.6) is 0 Å². The van der Waals surface area contributed by atoms with Gasteiger partial charge in [0.2, 0.25) is 5.91 Å². The van der Waals surface area contributed by atoms with Crippen molar-refractivity contribution in [2.24, 2.45) is 4.99 Å². The Hall–Kier alpha value is -4.06. The van der Waals surface area contributed by atoms with Gasteiger partial charge in [-0.25, -0.2) is 0 Å². The van der Waals surface area contributed by atoms with Gasteiger partial charge in [-0.1, -0.05) is 54.6 Å². The minimum absolute atomic E-state index is 0.272. The van der Waals surface area contributed by atoms with E-state index >= 15 is 0 Å². The Morgan fingerprint density at radius 1 is 0.969 bits per heavy atom. The highest BCUT2D eigenvalue weighted by Crippen LogP contribution is 2.23. The van der Waals surface area contributed by atoms with E-state index in [0.29, 0.717) is 18.5 Å². The van der Waals surface area contributed by atoms with Crippen molar-refractivity contribution in [3.8, 4) is 0 Å². The number of hydrogen-bond donors (Lipinski definition) is 2. The smallest absolute Gasteiger partial charge is 0.252 e. The maximum atomic E-state index is 13.2. The van der Waals surface area contributed by atoms with E-state index in [-0.39, 0.29) is 11.8 Å². The lowest BCUT2D eigenvalue weighted by Crippen LogP contribution is -2.47. The van der Waals surface area contributed by atoms with Gasteiger partial charge in [0.05, 0.1) is 12.3 Å². The number of aliphatic imine (C=N–C) groups is 1. The molecular weight excluding hydrogens is 400 g/mol. The molecule has 160 valence electrons. The number of hydrogen-bond acceptors (Lipinski definition) is 4. The predicted molar refractivity (Wildman–Crippen MR) is 126 cm³/mol. The summed E-state index contributed by atoms with van der Waals surface area (Å²) in [7, 11) is 1.55. The Morgan fingerprint density at radius 2 is 1.72 bits per heavy atom. The fourth-order valence-electron chi connectivity index (χ4n) is 3.67. The molecule has 32 heavy (non-hydrogen) atoms. The first-order valence-corrected chi connectivity index (χ1v) is 10.5. The molecule has 6 heteroatoms. The number of rotatable bonds is 7. The van der Waals surface area contributed by atoms with Gasteiger partial charge in [0.15, 0.2) is 0 Å². The van der Waals surface area contributed by atoms with Crippen molar-refractivity contribution in [2.75, 3.05) is 13.6 Å². The van der Waals surface area contributed by atoms with Crippen molar-refractivity contribution in [1.29, 1.82) is 0 Å². The highest BCUT2D eigenvalue weighted by Gasteiger charge is 2.24. The minimum atomic E-state index is -0.739. The second-order valence-corrected chi connectivity index (χ2v) is 7.45. The molecule has 0 fully saturated rings. The standard InChI is InChI=1S/C26H24N4O2/c1-27-26(32)24(16-20-11-7-8-14-28-20)30-25(31)22-13-6-5-12-21(22)23-15-19(17-29-23)18-9-3-2-4-10-18/h2-15,24H,16-17H2,1H3,(H,27,32)(H,30,31)/t24-/m1/s1. The summed E-state index contributed by atoms with van der Waals surface area (Å²) in [5.41, 5.74) is 4.93. The van der Waals surface area contributed by atoms with Crippen molar-refractivity contribution in [3.05, 3.63) is 107 Å². The second-order valence-electron chi connectivity index (χ2n) is 7.45. The lowest BCUT2D eigenvalue weighted by Gasteiger charge is -2.18. The summed E-state index contributed by atoms with van der Waals surface area (Å²) in [6, 6.07) is 22.2. The summed E-state index contributed by atoms with van der Waals surface area (Å²) in [5.74, 6) is -0.597. The second kappa shape index (κ2) is 9.83. The van der Waals surface area contributed by atoms with Gasteiger partial charge in [0, 0.05) is 36.5 Å². The van der Waals surface area contributed by atoms with E-state index in [0.717, 1.165) is 28.1 Å². The number of likely N-dealkylation sites (N-methyl/N-ethyl adjacent to an activating group) is 1. The van der Waals surface area contributed by atoms with E-state index in [1.54, 1.807) is 19.3 Å². The molecule has 0 spiro atoms. The normalized spacial score (nSPS) is 13.7. The Kier molecular flexibility index (Phi) is 6.51. The fourth-order valence-corrected chi connectivity index (χ4v) is 3.67. The lowest BCUT2D eigenvalue weighted by molar-refractivity contribution is -0.122. The first-order chi connectivity index (χ1) is 15.7. The molecule has 1 atom stereocenters. The molecule has 0 saturated heterocycles. The first kappa shape index (κ1) is 21.2. The highest BCUT2D eigenvalue weighted by atomic mass is 16.2. The van der Waals surface area contributed by atoms with Crippen molar-refractivity contribution in [1.82, 2.24) is 15.6 Å². The van der Waals surface area contributed by atoms with Crippen LogP contribution in [0.1, 0.15) is 27.2 Å². The van der Waals surface area contributed by atoms with Crippen LogP contribution in [-0.2, 0) is 11.2 Å². The van der Waals surface area contributed by atoms with Gasteiger partial charge in [-0.05, 0) is 35.4 Å². The molecule has 0 bridgehead atoms. The molecule has 6 nitrogen and oxygen atoms in total. The van der Waals surface area contributed by atoms with E-state index in [9.17, 15) is 9.59 Å². The average molecular weight is 425 g/mol. The van der Waals surface area contributed by atoms with Crippen LogP contribution in [0.4, 0.5) is 0 Å². The van der Waals surface area contributed by atoms with E-state index < -0.39 is 6.04 Å². The monoisotopic (exact) mass is 424 g/mol. The average Bonchev–Trinajstić information content (AvgIpc) is 3.34. The van der Waals surface area contributed by atoms with Crippen molar-refractivity contribution >= 4 is 23.1 Å². The number of allylic oxidation sites excluding steroid dienone is 1. The Morgan fingerprint density at radius 3 is 2.47 bits per heavy atom. The Balaban J connectivity index is 1.57. The third kappa shape index (κ3) is 4.81. The number of carbonyl (C=O) groups excluding carboxylic acids is 2. The maximum Gasteiger partial charge on any atom is 0.252 e. The minimum Gasteiger partial charge on any atom is -0.357 e. The number of benzene rings is 2. The lowest BCUT2D eigenvalue weighted by atomic mass is 9.99. The molecule has 1 aliphatic heterocycles. The number of aromatic nitrogens is 1. The predicted octanol–water partition coefficient (Wildman–Crippen LogP) is 3.06. The molecule has 2 aromatic carbocycles. The van der Waals surface area contributed by atoms with Crippen LogP contribution in [0, 0.1) is 0 Å². The molecule has 0 unspecified atom stereocenters. The third-order valence-corrected chi connectivity index (χ3v) is 5.33. The Labute approximate surface area is 187 Å². The summed E-state index contributed by atoms with van der Waals surface area (Å²) in [6.45, 7) is 0.565. The quantitative estimate of drug-likeness (QED) is 0.612. The molecule has 0 saturated carbocycles. The van der Waals surface area contributed by atoms with Crippen LogP contribution < -0.4 is 10.6 Å². The number of amides is 2. The van der Waals surface area contributed by atoms with E-state index in [1.807, 2.05) is 60.7 Å². The van der Waals surface area contributed by atoms with Gasteiger partial charge in [-0.2, -0.15) is 0 Å². The van der Waals surface area contributed by atoms with Crippen molar-refractivity contribution < 1.29 is 9.59 Å². The van der Waals surface area contributed by atoms with E-state index in [1.165, 1.54) is 0 Å². The molecule has 2 amide bonds. The molecule has 2 heterocycles. The zero-order valence-corrected chi connectivity index (χ0v) is 17.8. The van der Waals surface area contributed by atoms with Gasteiger partial charge >= 0.3 is 0 Å². The van der Waals surface area contributed by atoms with Gasteiger partial charge < -0.3 is 10.6 Å². The maximum absolute atomic E-state index is 13.2. The van der Waals surface area contributed by atoms with E-state index in [2.05, 4.69) is 32.7 Å². The summed E-state index contributed by atoms with van der Waals surface area (Å²) in [4.78, 5) is 34.6. The molecule has 3 aromatic rings. The molecule has 0 aliphatic carbocycles. The topological polar surface area (TPSA) is 83.5 Å². The summed E-state index contributed by atoms with van der Waals surface area (Å²) in [5, 5.41) is 5.49. The van der Waals surface area contributed by atoms with Crippen molar-refractivity contribution in [2.45, 2.75) is 12.5 Å². The van der Waals surface area contributed by atoms with Gasteiger partial charge in [-0.15, -0.1) is 0 Å². The zero-order chi connectivity index (χ0) is 22.3. The van der Waals surface area contributed by atoms with Crippen LogP contribution in [0.2, 0.25) is 0 Å². The number of nitrogens with one attached hydrogen (secondary N) is 2. The van der Waals surface area contributed by atoms with Gasteiger partial charge in [0.25, 0.3) is 5.91 Å². The van der Waals surface area contributed by atoms with Crippen LogP contribution in [0.15, 0.2) is 90.1 Å². The summed E-state index contributed by atoms with van der Waals surface area (Å²) in [6.07, 6.45) is 3.99. The molecular formula is C26H24N4O2. The van der Waals surface area contributed by atoms with Crippen LogP contribution in [0.3, 0.4) is 0 Å². The molecule has 1 aromatic heterocycles. The van der Waals surface area contributed by atoms with E-state index in [4.69, 9.17) is 0 Å². The number of nitrogens with zero attached hydrogens (tertiary/aromatic N) is 2.